The van der Waals surface area contributed by atoms with Crippen LogP contribution in [0.4, 0.5) is 4.39 Å². The summed E-state index contributed by atoms with van der Waals surface area (Å²) < 4.78 is 14.3. The molecule has 0 bridgehead atoms. The number of rotatable bonds is 3. The number of imidazole rings is 1. The van der Waals surface area contributed by atoms with Gasteiger partial charge in [0.1, 0.15) is 17.2 Å². The van der Waals surface area contributed by atoms with Crippen LogP contribution in [0.2, 0.25) is 0 Å². The monoisotopic (exact) mass is 361 g/mol. The van der Waals surface area contributed by atoms with Gasteiger partial charge in [0.05, 0.1) is 0 Å². The molecule has 0 unspecified atom stereocenters. The van der Waals surface area contributed by atoms with E-state index in [2.05, 4.69) is 9.97 Å². The van der Waals surface area contributed by atoms with E-state index in [9.17, 15) is 14.4 Å². The summed E-state index contributed by atoms with van der Waals surface area (Å²) in [6, 6.07) is 16.5. The van der Waals surface area contributed by atoms with Crippen molar-refractivity contribution in [2.24, 2.45) is 0 Å². The number of aromatic amines is 1. The average molecular weight is 361 g/mol. The van der Waals surface area contributed by atoms with Gasteiger partial charge in [-0.15, -0.1) is 0 Å². The Morgan fingerprint density at radius 3 is 2.48 bits per heavy atom. The van der Waals surface area contributed by atoms with Crippen molar-refractivity contribution in [1.29, 1.82) is 0 Å². The largest absolute Gasteiger partial charge is 0.426 e. The maximum Gasteiger partial charge on any atom is 0.248 e. The van der Waals surface area contributed by atoms with E-state index >= 15 is 0 Å². The molecule has 0 amide bonds. The molecule has 134 valence electrons. The lowest BCUT2D eigenvalue weighted by atomic mass is 10.1. The van der Waals surface area contributed by atoms with Gasteiger partial charge in [0.25, 0.3) is 0 Å². The first-order valence-corrected chi connectivity index (χ1v) is 8.37. The molecule has 0 fully saturated rings. The van der Waals surface area contributed by atoms with E-state index in [0.717, 1.165) is 15.9 Å². The van der Waals surface area contributed by atoms with Gasteiger partial charge < -0.3 is 10.2 Å². The second-order valence-corrected chi connectivity index (χ2v) is 6.21. The summed E-state index contributed by atoms with van der Waals surface area (Å²) in [7, 11) is 0. The highest BCUT2D eigenvalue weighted by molar-refractivity contribution is 5.82. The number of pyridine rings is 1. The topological polar surface area (TPSA) is 70.9 Å². The summed E-state index contributed by atoms with van der Waals surface area (Å²) in [6.07, 6.45) is 1.51. The zero-order valence-corrected chi connectivity index (χ0v) is 14.5. The van der Waals surface area contributed by atoms with Gasteiger partial charge in [-0.1, -0.05) is 24.3 Å². The van der Waals surface area contributed by atoms with Gasteiger partial charge in [0, 0.05) is 29.0 Å². The highest BCUT2D eigenvalue weighted by Crippen LogP contribution is 2.35. The lowest BCUT2D eigenvalue weighted by Crippen LogP contribution is -2.05. The lowest BCUT2D eigenvalue weighted by Gasteiger charge is -2.07. The van der Waals surface area contributed by atoms with Crippen molar-refractivity contribution in [2.75, 3.05) is 0 Å². The molecule has 0 spiro atoms. The minimum Gasteiger partial charge on any atom is -0.426 e. The normalized spacial score (nSPS) is 10.9. The zero-order valence-electron chi connectivity index (χ0n) is 14.5. The van der Waals surface area contributed by atoms with Gasteiger partial charge in [-0.2, -0.15) is 4.73 Å². The number of H-pyrrole nitrogens is 1. The standard InChI is InChI=1S/C21H16FN3O2/c1-13-4-2-3-5-17(13)21-24-19(14-6-8-16(22)9-7-14)20(25(21)27)15-10-11-23-18(26)12-15/h2-12,27H,1H3,(H,23,26). The molecule has 0 saturated carbocycles. The Kier molecular flexibility index (Phi) is 4.08. The number of aryl methyl sites for hydroxylation is 1. The molecule has 4 rings (SSSR count). The number of nitrogens with one attached hydrogen (secondary N) is 1. The number of benzene rings is 2. The molecular formula is C21H16FN3O2. The third-order valence-corrected chi connectivity index (χ3v) is 4.41. The molecule has 0 aliphatic carbocycles. The molecule has 0 saturated heterocycles. The molecule has 2 N–H and O–H groups in total. The maximum atomic E-state index is 13.4. The second kappa shape index (κ2) is 6.57. The zero-order chi connectivity index (χ0) is 19.0. The quantitative estimate of drug-likeness (QED) is 0.536. The Hall–Kier alpha value is -3.67. The number of nitrogens with zero attached hydrogens (tertiary/aromatic N) is 2. The van der Waals surface area contributed by atoms with Crippen LogP contribution >= 0.6 is 0 Å². The average Bonchev–Trinajstić information content (AvgIpc) is 3.00. The van der Waals surface area contributed by atoms with Gasteiger partial charge in [-0.25, -0.2) is 9.37 Å². The Balaban J connectivity index is 2.02. The van der Waals surface area contributed by atoms with E-state index in [1.165, 1.54) is 24.4 Å². The molecule has 2 aromatic heterocycles. The Labute approximate surface area is 154 Å². The molecule has 2 aromatic carbocycles. The van der Waals surface area contributed by atoms with E-state index in [4.69, 9.17) is 0 Å². The third-order valence-electron chi connectivity index (χ3n) is 4.41. The van der Waals surface area contributed by atoms with E-state index in [-0.39, 0.29) is 11.4 Å². The molecule has 0 radical (unpaired) electrons. The predicted octanol–water partition coefficient (Wildman–Crippen LogP) is 4.26. The summed E-state index contributed by atoms with van der Waals surface area (Å²) >= 11 is 0. The fraction of sp³-hybridized carbons (Fsp3) is 0.0476. The van der Waals surface area contributed by atoms with Crippen LogP contribution in [0.3, 0.4) is 0 Å². The molecule has 0 atom stereocenters. The van der Waals surface area contributed by atoms with Crippen molar-refractivity contribution in [1.82, 2.24) is 14.7 Å². The summed E-state index contributed by atoms with van der Waals surface area (Å²) in [5, 5.41) is 10.9. The van der Waals surface area contributed by atoms with Crippen LogP contribution in [-0.2, 0) is 0 Å². The Morgan fingerprint density at radius 1 is 1.04 bits per heavy atom. The predicted molar refractivity (Wildman–Crippen MR) is 101 cm³/mol. The van der Waals surface area contributed by atoms with E-state index in [0.29, 0.717) is 28.3 Å². The van der Waals surface area contributed by atoms with Crippen molar-refractivity contribution in [3.05, 3.63) is 88.6 Å². The van der Waals surface area contributed by atoms with Crippen LogP contribution in [0, 0.1) is 12.7 Å². The van der Waals surface area contributed by atoms with Crippen LogP contribution < -0.4 is 5.56 Å². The van der Waals surface area contributed by atoms with Crippen molar-refractivity contribution in [3.63, 3.8) is 0 Å². The second-order valence-electron chi connectivity index (χ2n) is 6.21. The van der Waals surface area contributed by atoms with Crippen LogP contribution in [-0.4, -0.2) is 19.9 Å². The fourth-order valence-corrected chi connectivity index (χ4v) is 3.07. The lowest BCUT2D eigenvalue weighted by molar-refractivity contribution is 0.195. The maximum absolute atomic E-state index is 13.4. The molecule has 0 aliphatic heterocycles. The Morgan fingerprint density at radius 2 is 1.78 bits per heavy atom. The minimum atomic E-state index is -0.362. The highest BCUT2D eigenvalue weighted by atomic mass is 19.1. The van der Waals surface area contributed by atoms with Crippen molar-refractivity contribution in [3.8, 4) is 33.9 Å². The summed E-state index contributed by atoms with van der Waals surface area (Å²) in [4.78, 5) is 19.0. The minimum absolute atomic E-state index is 0.295. The van der Waals surface area contributed by atoms with E-state index in [1.54, 1.807) is 18.2 Å². The molecular weight excluding hydrogens is 345 g/mol. The summed E-state index contributed by atoms with van der Waals surface area (Å²) in [5.41, 5.74) is 3.38. The van der Waals surface area contributed by atoms with Crippen molar-refractivity contribution < 1.29 is 9.60 Å². The van der Waals surface area contributed by atoms with E-state index < -0.39 is 0 Å². The Bertz CT molecular complexity index is 1180. The number of hydrogen-bond donors (Lipinski definition) is 2. The molecule has 6 heteroatoms. The van der Waals surface area contributed by atoms with Crippen LogP contribution in [0.1, 0.15) is 5.56 Å². The third kappa shape index (κ3) is 3.01. The van der Waals surface area contributed by atoms with Crippen LogP contribution in [0.5, 0.6) is 0 Å². The van der Waals surface area contributed by atoms with Gasteiger partial charge in [0.2, 0.25) is 5.56 Å². The first-order chi connectivity index (χ1) is 13.0. The van der Waals surface area contributed by atoms with Crippen LogP contribution in [0.15, 0.2) is 71.7 Å². The number of hydrogen-bond acceptors (Lipinski definition) is 3. The van der Waals surface area contributed by atoms with Crippen molar-refractivity contribution in [2.45, 2.75) is 6.92 Å². The molecule has 0 aliphatic rings. The fourth-order valence-electron chi connectivity index (χ4n) is 3.07. The molecule has 4 aromatic rings. The van der Waals surface area contributed by atoms with E-state index in [1.807, 2.05) is 31.2 Å². The molecule has 27 heavy (non-hydrogen) atoms. The molecule has 5 nitrogen and oxygen atoms in total. The summed E-state index contributed by atoms with van der Waals surface area (Å²) in [6.45, 7) is 1.93. The number of halogens is 1. The number of aromatic nitrogens is 3. The van der Waals surface area contributed by atoms with Gasteiger partial charge in [-0.05, 0) is 42.8 Å². The first-order valence-electron chi connectivity index (χ1n) is 8.37. The van der Waals surface area contributed by atoms with Gasteiger partial charge in [-0.3, -0.25) is 4.79 Å². The SMILES string of the molecule is Cc1ccccc1-c1nc(-c2ccc(F)cc2)c(-c2cc[nH]c(=O)c2)n1O. The summed E-state index contributed by atoms with van der Waals surface area (Å²) in [5.74, 6) is -0.0123. The molecule has 2 heterocycles. The highest BCUT2D eigenvalue weighted by Gasteiger charge is 2.22. The first kappa shape index (κ1) is 16.8. The van der Waals surface area contributed by atoms with Crippen LogP contribution in [0.25, 0.3) is 33.9 Å². The van der Waals surface area contributed by atoms with Crippen molar-refractivity contribution >= 4 is 0 Å². The smallest absolute Gasteiger partial charge is 0.248 e. The van der Waals surface area contributed by atoms with Gasteiger partial charge >= 0.3 is 0 Å². The van der Waals surface area contributed by atoms with Gasteiger partial charge in [0.15, 0.2) is 5.82 Å².